The summed E-state index contributed by atoms with van der Waals surface area (Å²) in [5.74, 6) is -1.09. The van der Waals surface area contributed by atoms with Gasteiger partial charge in [0.15, 0.2) is 0 Å². The predicted molar refractivity (Wildman–Crippen MR) is 71.9 cm³/mol. The van der Waals surface area contributed by atoms with Crippen molar-refractivity contribution in [3.05, 3.63) is 0 Å². The maximum absolute atomic E-state index is 12.1. The van der Waals surface area contributed by atoms with Gasteiger partial charge in [-0.3, -0.25) is 14.5 Å². The van der Waals surface area contributed by atoms with Crippen LogP contribution < -0.4 is 0 Å². The van der Waals surface area contributed by atoms with Crippen LogP contribution in [-0.2, 0) is 14.3 Å². The summed E-state index contributed by atoms with van der Waals surface area (Å²) in [4.78, 5) is 25.2. The Bertz CT molecular complexity index is 357. The van der Waals surface area contributed by atoms with Gasteiger partial charge in [-0.15, -0.1) is 0 Å². The van der Waals surface area contributed by atoms with Gasteiger partial charge < -0.3 is 9.84 Å². The quantitative estimate of drug-likeness (QED) is 0.791. The van der Waals surface area contributed by atoms with Crippen molar-refractivity contribution in [2.45, 2.75) is 59.1 Å². The van der Waals surface area contributed by atoms with Crippen LogP contribution in [0.4, 0.5) is 0 Å². The normalized spacial score (nSPS) is 21.4. The van der Waals surface area contributed by atoms with Crippen molar-refractivity contribution in [1.29, 1.82) is 0 Å². The third-order valence-corrected chi connectivity index (χ3v) is 3.22. The first-order valence-corrected chi connectivity index (χ1v) is 6.73. The summed E-state index contributed by atoms with van der Waals surface area (Å²) in [7, 11) is 0. The Kier molecular flexibility index (Phi) is 4.61. The first kappa shape index (κ1) is 16.0. The van der Waals surface area contributed by atoms with Crippen molar-refractivity contribution in [2.24, 2.45) is 5.41 Å². The van der Waals surface area contributed by atoms with E-state index in [0.717, 1.165) is 19.4 Å². The second-order valence-corrected chi connectivity index (χ2v) is 6.85. The third-order valence-electron chi connectivity index (χ3n) is 3.22. The smallest absolute Gasteiger partial charge is 0.323 e. The first-order valence-electron chi connectivity index (χ1n) is 6.73. The van der Waals surface area contributed by atoms with Crippen molar-refractivity contribution in [1.82, 2.24) is 4.90 Å². The molecule has 0 aromatic carbocycles. The molecule has 0 bridgehead atoms. The first-order chi connectivity index (χ1) is 8.53. The number of hydrogen-bond acceptors (Lipinski definition) is 4. The summed E-state index contributed by atoms with van der Waals surface area (Å²) >= 11 is 0. The van der Waals surface area contributed by atoms with E-state index < -0.39 is 17.0 Å². The number of nitrogens with zero attached hydrogens (tertiary/aromatic N) is 1. The molecule has 0 aromatic rings. The van der Waals surface area contributed by atoms with Crippen LogP contribution in [0.15, 0.2) is 0 Å². The number of carbonyl (C=O) groups excluding carboxylic acids is 1. The number of hydrogen-bond donors (Lipinski definition) is 1. The molecule has 1 N–H and O–H groups in total. The summed E-state index contributed by atoms with van der Waals surface area (Å²) in [6.07, 6.45) is 1.64. The zero-order chi connectivity index (χ0) is 14.8. The van der Waals surface area contributed by atoms with Gasteiger partial charge in [-0.1, -0.05) is 0 Å². The van der Waals surface area contributed by atoms with Crippen LogP contribution in [0.1, 0.15) is 47.5 Å². The van der Waals surface area contributed by atoms with Gasteiger partial charge in [-0.2, -0.15) is 0 Å². The number of rotatable bonds is 4. The van der Waals surface area contributed by atoms with Gasteiger partial charge in [-0.05, 0) is 54.0 Å². The molecule has 0 aromatic heterocycles. The summed E-state index contributed by atoms with van der Waals surface area (Å²) in [6, 6.07) is -0.308. The molecule has 0 amide bonds. The second kappa shape index (κ2) is 5.49. The lowest BCUT2D eigenvalue weighted by Gasteiger charge is -2.31. The van der Waals surface area contributed by atoms with Crippen LogP contribution in [0.25, 0.3) is 0 Å². The Labute approximate surface area is 114 Å². The van der Waals surface area contributed by atoms with Crippen LogP contribution in [0.3, 0.4) is 0 Å². The summed E-state index contributed by atoms with van der Waals surface area (Å²) < 4.78 is 5.40. The van der Waals surface area contributed by atoms with Crippen molar-refractivity contribution in [3.63, 3.8) is 0 Å². The molecular formula is C14H25NO4. The van der Waals surface area contributed by atoms with Crippen molar-refractivity contribution in [2.75, 3.05) is 13.1 Å². The fraction of sp³-hybridized carbons (Fsp3) is 0.857. The Hall–Kier alpha value is -1.10. The molecule has 1 atom stereocenters. The highest BCUT2D eigenvalue weighted by molar-refractivity contribution is 5.77. The van der Waals surface area contributed by atoms with Crippen molar-refractivity contribution in [3.8, 4) is 0 Å². The van der Waals surface area contributed by atoms with E-state index in [1.54, 1.807) is 13.8 Å². The Morgan fingerprint density at radius 3 is 2.32 bits per heavy atom. The molecule has 1 heterocycles. The summed E-state index contributed by atoms with van der Waals surface area (Å²) in [5.41, 5.74) is -1.36. The Morgan fingerprint density at radius 2 is 1.84 bits per heavy atom. The predicted octanol–water partition coefficient (Wildman–Crippen LogP) is 1.90. The lowest BCUT2D eigenvalue weighted by atomic mass is 9.93. The Morgan fingerprint density at radius 1 is 1.26 bits per heavy atom. The highest BCUT2D eigenvalue weighted by atomic mass is 16.6. The van der Waals surface area contributed by atoms with E-state index in [1.807, 2.05) is 25.7 Å². The molecule has 0 radical (unpaired) electrons. The second-order valence-electron chi connectivity index (χ2n) is 6.85. The van der Waals surface area contributed by atoms with Crippen molar-refractivity contribution >= 4 is 11.9 Å². The minimum Gasteiger partial charge on any atom is -0.481 e. The average Bonchev–Trinajstić information content (AvgIpc) is 2.61. The van der Waals surface area contributed by atoms with Gasteiger partial charge in [0.2, 0.25) is 0 Å². The zero-order valence-corrected chi connectivity index (χ0v) is 12.5. The fourth-order valence-corrected chi connectivity index (χ4v) is 2.23. The molecule has 1 aliphatic heterocycles. The van der Waals surface area contributed by atoms with Crippen LogP contribution >= 0.6 is 0 Å². The third kappa shape index (κ3) is 4.49. The zero-order valence-electron chi connectivity index (χ0n) is 12.5. The van der Waals surface area contributed by atoms with E-state index in [2.05, 4.69) is 0 Å². The molecule has 1 aliphatic rings. The number of carboxylic acid groups (broad SMARTS) is 1. The molecular weight excluding hydrogens is 246 g/mol. The number of esters is 1. The summed E-state index contributed by atoms with van der Waals surface area (Å²) in [5, 5.41) is 9.17. The van der Waals surface area contributed by atoms with Crippen LogP contribution in [0, 0.1) is 5.41 Å². The fourth-order valence-electron chi connectivity index (χ4n) is 2.23. The molecule has 1 fully saturated rings. The van der Waals surface area contributed by atoms with Gasteiger partial charge >= 0.3 is 11.9 Å². The molecule has 0 unspecified atom stereocenters. The van der Waals surface area contributed by atoms with Crippen molar-refractivity contribution < 1.29 is 19.4 Å². The number of carbonyl (C=O) groups is 2. The maximum atomic E-state index is 12.1. The van der Waals surface area contributed by atoms with Gasteiger partial charge in [0.1, 0.15) is 11.6 Å². The lowest BCUT2D eigenvalue weighted by molar-refractivity contribution is -0.162. The number of aliphatic carboxylic acids is 1. The van der Waals surface area contributed by atoms with Gasteiger partial charge in [0.25, 0.3) is 0 Å². The maximum Gasteiger partial charge on any atom is 0.323 e. The molecule has 0 saturated carbocycles. The van der Waals surface area contributed by atoms with Crippen LogP contribution in [0.2, 0.25) is 0 Å². The topological polar surface area (TPSA) is 66.8 Å². The molecule has 19 heavy (non-hydrogen) atoms. The monoisotopic (exact) mass is 271 g/mol. The van der Waals surface area contributed by atoms with Crippen LogP contribution in [0.5, 0.6) is 0 Å². The molecule has 1 saturated heterocycles. The number of ether oxygens (including phenoxy) is 1. The van der Waals surface area contributed by atoms with E-state index in [4.69, 9.17) is 4.74 Å². The van der Waals surface area contributed by atoms with Gasteiger partial charge in [0.05, 0.1) is 5.41 Å². The van der Waals surface area contributed by atoms with E-state index in [9.17, 15) is 14.7 Å². The molecule has 1 rings (SSSR count). The number of carboxylic acids is 1. The molecule has 0 aliphatic carbocycles. The lowest BCUT2D eigenvalue weighted by Crippen LogP contribution is -2.46. The molecule has 0 spiro atoms. The van der Waals surface area contributed by atoms with E-state index >= 15 is 0 Å². The highest BCUT2D eigenvalue weighted by Crippen LogP contribution is 2.26. The minimum atomic E-state index is -0.857. The van der Waals surface area contributed by atoms with Gasteiger partial charge in [-0.25, -0.2) is 0 Å². The van der Waals surface area contributed by atoms with E-state index in [-0.39, 0.29) is 12.0 Å². The SMILES string of the molecule is CC(C)(C)OC(=O)[C@H]1CCCN1CC(C)(C)C(=O)O. The van der Waals surface area contributed by atoms with Crippen LogP contribution in [-0.4, -0.2) is 46.7 Å². The Balaban J connectivity index is 2.69. The summed E-state index contributed by atoms with van der Waals surface area (Å²) in [6.45, 7) is 9.99. The van der Waals surface area contributed by atoms with E-state index in [0.29, 0.717) is 6.54 Å². The average molecular weight is 271 g/mol. The molecule has 5 nitrogen and oxygen atoms in total. The molecule has 110 valence electrons. The molecule has 5 heteroatoms. The highest BCUT2D eigenvalue weighted by Gasteiger charge is 2.39. The van der Waals surface area contributed by atoms with E-state index in [1.165, 1.54) is 0 Å². The van der Waals surface area contributed by atoms with Gasteiger partial charge in [0, 0.05) is 6.54 Å². The largest absolute Gasteiger partial charge is 0.481 e. The number of likely N-dealkylation sites (tertiary alicyclic amines) is 1. The minimum absolute atomic E-state index is 0.244. The standard InChI is InChI=1S/C14H25NO4/c1-13(2,3)19-11(16)10-7-6-8-15(10)9-14(4,5)12(17)18/h10H,6-9H2,1-5H3,(H,17,18)/t10-/m1/s1.